The van der Waals surface area contributed by atoms with Gasteiger partial charge in [0, 0.05) is 7.11 Å². The minimum atomic E-state index is 0. The van der Waals surface area contributed by atoms with Gasteiger partial charge in [-0.2, -0.15) is 0 Å². The second kappa shape index (κ2) is 9.34. The van der Waals surface area contributed by atoms with Gasteiger partial charge in [0.2, 0.25) is 0 Å². The summed E-state index contributed by atoms with van der Waals surface area (Å²) in [4.78, 5) is 0. The predicted molar refractivity (Wildman–Crippen MR) is 21.8 cm³/mol. The Labute approximate surface area is 55.7 Å². The fourth-order valence-electron chi connectivity index (χ4n) is 0.0962. The number of methoxy groups -OCH3 is 2. The van der Waals surface area contributed by atoms with E-state index in [1.54, 1.807) is 0 Å². The van der Waals surface area contributed by atoms with E-state index >= 15 is 0 Å². The molecule has 0 aromatic heterocycles. The Morgan fingerprint density at radius 3 is 2.14 bits per heavy atom. The average Bonchev–Trinajstić information content (AvgIpc) is 1.61. The van der Waals surface area contributed by atoms with Crippen molar-refractivity contribution in [3.05, 3.63) is 12.5 Å². The third-order valence-electron chi connectivity index (χ3n) is 0.284. The van der Waals surface area contributed by atoms with Gasteiger partial charge in [0.25, 0.3) is 0 Å². The fraction of sp³-hybridized carbons (Fsp3) is 0.500. The van der Waals surface area contributed by atoms with Crippen molar-refractivity contribution in [2.75, 3.05) is 14.2 Å². The van der Waals surface area contributed by atoms with Gasteiger partial charge < -0.3 is 9.47 Å². The zero-order valence-corrected chi connectivity index (χ0v) is 4.89. The number of hydrogen-bond donors (Lipinski definition) is 0. The van der Waals surface area contributed by atoms with Gasteiger partial charge in [-0.05, 0) is 0 Å². The largest absolute Gasteiger partial charge is 1.00 e. The van der Waals surface area contributed by atoms with E-state index in [2.05, 4.69) is 15.7 Å². The molecule has 0 amide bonds. The third kappa shape index (κ3) is 10.7. The van der Waals surface area contributed by atoms with E-state index in [0.29, 0.717) is 0 Å². The molecule has 0 bridgehead atoms. The van der Waals surface area contributed by atoms with Crippen LogP contribution in [0.4, 0.5) is 0 Å². The van der Waals surface area contributed by atoms with Crippen molar-refractivity contribution in [2.45, 2.75) is 0 Å². The van der Waals surface area contributed by atoms with Crippen LogP contribution in [0.5, 0.6) is 0 Å². The van der Waals surface area contributed by atoms with E-state index in [0.717, 1.165) is 0 Å². The molecule has 0 aromatic carbocycles. The summed E-state index contributed by atoms with van der Waals surface area (Å²) in [5, 5.41) is 0. The van der Waals surface area contributed by atoms with Gasteiger partial charge in [-0.25, -0.2) is 0 Å². The molecule has 0 atom stereocenters. The van der Waals surface area contributed by atoms with Crippen LogP contribution in [-0.2, 0) is 9.47 Å². The average molecular weight is 94.0 g/mol. The van der Waals surface area contributed by atoms with E-state index in [9.17, 15) is 0 Å². The van der Waals surface area contributed by atoms with Gasteiger partial charge in [-0.3, -0.25) is 6.26 Å². The van der Waals surface area contributed by atoms with Crippen molar-refractivity contribution in [3.63, 3.8) is 0 Å². The SMILES string of the molecule is CO[C-]=COC.[Li+]. The Morgan fingerprint density at radius 2 is 2.00 bits per heavy atom. The van der Waals surface area contributed by atoms with Gasteiger partial charge in [-0.1, -0.05) is 6.26 Å². The molecular weight excluding hydrogens is 87.0 g/mol. The zero-order valence-electron chi connectivity index (χ0n) is 4.89. The van der Waals surface area contributed by atoms with Gasteiger partial charge in [0.15, 0.2) is 0 Å². The van der Waals surface area contributed by atoms with Crippen molar-refractivity contribution >= 4 is 0 Å². The summed E-state index contributed by atoms with van der Waals surface area (Å²) in [6, 6.07) is 0. The minimum Gasteiger partial charge on any atom is -0.692 e. The van der Waals surface area contributed by atoms with Crippen LogP contribution in [0.2, 0.25) is 0 Å². The van der Waals surface area contributed by atoms with E-state index in [1.807, 2.05) is 0 Å². The molecule has 0 N–H and O–H groups in total. The third-order valence-corrected chi connectivity index (χ3v) is 0.284. The Hall–Kier alpha value is -0.0626. The van der Waals surface area contributed by atoms with E-state index in [4.69, 9.17) is 0 Å². The second-order valence-corrected chi connectivity index (χ2v) is 0.676. The van der Waals surface area contributed by atoms with Crippen LogP contribution in [-0.4, -0.2) is 14.2 Å². The maximum atomic E-state index is 4.42. The van der Waals surface area contributed by atoms with Gasteiger partial charge in [0.05, 0.1) is 7.11 Å². The first kappa shape index (κ1) is 10.0. The minimum absolute atomic E-state index is 0. The van der Waals surface area contributed by atoms with Crippen LogP contribution in [0.25, 0.3) is 0 Å². The van der Waals surface area contributed by atoms with Crippen LogP contribution >= 0.6 is 0 Å². The Kier molecular flexibility index (Phi) is 13.4. The maximum absolute atomic E-state index is 4.42. The van der Waals surface area contributed by atoms with Crippen molar-refractivity contribution in [1.29, 1.82) is 0 Å². The molecule has 3 heteroatoms. The molecule has 2 nitrogen and oxygen atoms in total. The number of ether oxygens (including phenoxy) is 2. The van der Waals surface area contributed by atoms with Crippen LogP contribution in [0.3, 0.4) is 0 Å². The smallest absolute Gasteiger partial charge is 0.692 e. The first-order valence-corrected chi connectivity index (χ1v) is 1.54. The predicted octanol–water partition coefficient (Wildman–Crippen LogP) is -2.44. The Bertz CT molecular complexity index is 39.0. The van der Waals surface area contributed by atoms with E-state index in [-0.39, 0.29) is 18.9 Å². The zero-order chi connectivity index (χ0) is 4.83. The normalized spacial score (nSPS) is 7.71. The summed E-state index contributed by atoms with van der Waals surface area (Å²) >= 11 is 0. The second-order valence-electron chi connectivity index (χ2n) is 0.676. The van der Waals surface area contributed by atoms with Crippen molar-refractivity contribution in [1.82, 2.24) is 0 Å². The number of rotatable bonds is 2. The summed E-state index contributed by atoms with van der Waals surface area (Å²) in [6.07, 6.45) is 3.68. The molecule has 0 heterocycles. The molecule has 0 fully saturated rings. The molecule has 0 spiro atoms. The van der Waals surface area contributed by atoms with E-state index in [1.165, 1.54) is 20.5 Å². The van der Waals surface area contributed by atoms with Crippen molar-refractivity contribution < 1.29 is 28.3 Å². The molecule has 0 saturated heterocycles. The van der Waals surface area contributed by atoms with Crippen molar-refractivity contribution in [3.8, 4) is 0 Å². The molecular formula is C4H7LiO2. The standard InChI is InChI=1S/C4H7O2.Li/c1-5-3-4-6-2;/h3H,1-2H3;/q-1;+1. The molecule has 36 valence electrons. The van der Waals surface area contributed by atoms with E-state index < -0.39 is 0 Å². The monoisotopic (exact) mass is 94.1 g/mol. The first-order valence-electron chi connectivity index (χ1n) is 1.54. The summed E-state index contributed by atoms with van der Waals surface area (Å²) in [5.74, 6) is 0. The van der Waals surface area contributed by atoms with Crippen molar-refractivity contribution in [2.24, 2.45) is 0 Å². The Morgan fingerprint density at radius 1 is 1.43 bits per heavy atom. The van der Waals surface area contributed by atoms with Crippen LogP contribution in [0.15, 0.2) is 6.26 Å². The summed E-state index contributed by atoms with van der Waals surface area (Å²) < 4.78 is 8.77. The molecule has 0 aromatic rings. The molecule has 0 unspecified atom stereocenters. The van der Waals surface area contributed by atoms with Gasteiger partial charge >= 0.3 is 18.9 Å². The maximum Gasteiger partial charge on any atom is 1.00 e. The molecule has 0 aliphatic carbocycles. The molecule has 0 rings (SSSR count). The molecule has 0 aliphatic rings. The molecule has 0 saturated carbocycles. The van der Waals surface area contributed by atoms with Crippen LogP contribution < -0.4 is 18.9 Å². The Balaban J connectivity index is 0. The molecule has 0 radical (unpaired) electrons. The molecule has 0 aliphatic heterocycles. The summed E-state index contributed by atoms with van der Waals surface area (Å²) in [7, 11) is 3.04. The molecule has 7 heavy (non-hydrogen) atoms. The quantitative estimate of drug-likeness (QED) is 0.215. The summed E-state index contributed by atoms with van der Waals surface area (Å²) in [6.45, 7) is 0. The topological polar surface area (TPSA) is 18.5 Å². The van der Waals surface area contributed by atoms with Gasteiger partial charge in [0.1, 0.15) is 0 Å². The van der Waals surface area contributed by atoms with Crippen LogP contribution in [0.1, 0.15) is 0 Å². The summed E-state index contributed by atoms with van der Waals surface area (Å²) in [5.41, 5.74) is 0. The van der Waals surface area contributed by atoms with Crippen LogP contribution in [0, 0.1) is 6.26 Å². The van der Waals surface area contributed by atoms with Gasteiger partial charge in [-0.15, -0.1) is 0 Å². The fourth-order valence-corrected chi connectivity index (χ4v) is 0.0962. The number of hydrogen-bond acceptors (Lipinski definition) is 2. The first-order chi connectivity index (χ1) is 2.91.